The first-order chi connectivity index (χ1) is 9.74. The predicted octanol–water partition coefficient (Wildman–Crippen LogP) is 3.45. The van der Waals surface area contributed by atoms with Crippen LogP contribution in [0, 0.1) is 13.8 Å². The van der Waals surface area contributed by atoms with Crippen molar-refractivity contribution in [3.63, 3.8) is 0 Å². The minimum Gasteiger partial charge on any atom is -0.278 e. The van der Waals surface area contributed by atoms with Gasteiger partial charge < -0.3 is 0 Å². The summed E-state index contributed by atoms with van der Waals surface area (Å²) in [6.07, 6.45) is 4.98. The Morgan fingerprint density at radius 2 is 1.90 bits per heavy atom. The number of rotatable bonds is 2. The van der Waals surface area contributed by atoms with Crippen LogP contribution in [0.3, 0.4) is 0 Å². The lowest BCUT2D eigenvalue weighted by Crippen LogP contribution is -2.17. The van der Waals surface area contributed by atoms with Gasteiger partial charge in [0.25, 0.3) is 0 Å². The highest BCUT2D eigenvalue weighted by Gasteiger charge is 2.11. The molecular formula is C14H20N6. The van der Waals surface area contributed by atoms with Crippen LogP contribution in [-0.4, -0.2) is 33.3 Å². The van der Waals surface area contributed by atoms with Crippen LogP contribution >= 0.6 is 0 Å². The van der Waals surface area contributed by atoms with E-state index in [9.17, 15) is 0 Å². The second-order valence-corrected chi connectivity index (χ2v) is 5.41. The number of aryl methyl sites for hydroxylation is 2. The average molecular weight is 272 g/mol. The molecule has 0 atom stereocenters. The summed E-state index contributed by atoms with van der Waals surface area (Å²) in [4.78, 5) is 4.41. The molecule has 1 aliphatic heterocycles. The van der Waals surface area contributed by atoms with E-state index >= 15 is 0 Å². The summed E-state index contributed by atoms with van der Waals surface area (Å²) in [6.45, 7) is 6.01. The van der Waals surface area contributed by atoms with Gasteiger partial charge in [-0.15, -0.1) is 5.11 Å². The van der Waals surface area contributed by atoms with E-state index in [4.69, 9.17) is 0 Å². The number of nitrogens with one attached hydrogen (secondary N) is 1. The van der Waals surface area contributed by atoms with E-state index < -0.39 is 0 Å². The van der Waals surface area contributed by atoms with Crippen molar-refractivity contribution in [3.05, 3.63) is 17.3 Å². The molecule has 3 heterocycles. The van der Waals surface area contributed by atoms with Gasteiger partial charge in [-0.25, -0.2) is 4.98 Å². The first kappa shape index (κ1) is 13.0. The molecule has 0 aliphatic carbocycles. The molecule has 2 aromatic heterocycles. The molecule has 106 valence electrons. The molecule has 20 heavy (non-hydrogen) atoms. The van der Waals surface area contributed by atoms with E-state index in [1.807, 2.05) is 13.0 Å². The van der Waals surface area contributed by atoms with Crippen molar-refractivity contribution in [2.75, 3.05) is 13.1 Å². The van der Waals surface area contributed by atoms with Crippen LogP contribution in [0.4, 0.5) is 5.82 Å². The SMILES string of the molecule is Cc1cc(C)c2c(/N=N/N3CCCCCC3)[nH]nc2n1. The molecule has 0 unspecified atom stereocenters. The lowest BCUT2D eigenvalue weighted by atomic mass is 10.2. The maximum Gasteiger partial charge on any atom is 0.183 e. The summed E-state index contributed by atoms with van der Waals surface area (Å²) in [7, 11) is 0. The second kappa shape index (κ2) is 5.56. The first-order valence-corrected chi connectivity index (χ1v) is 7.23. The summed E-state index contributed by atoms with van der Waals surface area (Å²) in [6, 6.07) is 2.04. The molecule has 0 bridgehead atoms. The van der Waals surface area contributed by atoms with Crippen LogP contribution < -0.4 is 0 Å². The summed E-state index contributed by atoms with van der Waals surface area (Å²) in [5, 5.41) is 18.9. The topological polar surface area (TPSA) is 69.5 Å². The van der Waals surface area contributed by atoms with Gasteiger partial charge in [-0.2, -0.15) is 5.10 Å². The molecule has 0 aromatic carbocycles. The van der Waals surface area contributed by atoms with Gasteiger partial charge in [0, 0.05) is 18.8 Å². The number of aromatic nitrogens is 3. The molecule has 0 saturated carbocycles. The monoisotopic (exact) mass is 272 g/mol. The van der Waals surface area contributed by atoms with Gasteiger partial charge in [0.15, 0.2) is 11.5 Å². The molecule has 6 heteroatoms. The third-order valence-corrected chi connectivity index (χ3v) is 3.68. The van der Waals surface area contributed by atoms with Gasteiger partial charge in [0.05, 0.1) is 5.39 Å². The Balaban J connectivity index is 1.87. The quantitative estimate of drug-likeness (QED) is 0.851. The van der Waals surface area contributed by atoms with Gasteiger partial charge in [0.1, 0.15) is 0 Å². The zero-order valence-corrected chi connectivity index (χ0v) is 12.1. The molecule has 1 N–H and O–H groups in total. The highest BCUT2D eigenvalue weighted by molar-refractivity contribution is 5.88. The molecule has 3 rings (SSSR count). The molecule has 0 spiro atoms. The van der Waals surface area contributed by atoms with Gasteiger partial charge in [0.2, 0.25) is 0 Å². The van der Waals surface area contributed by atoms with Gasteiger partial charge in [-0.05, 0) is 38.3 Å². The summed E-state index contributed by atoms with van der Waals surface area (Å²) in [5.41, 5.74) is 2.82. The number of aromatic amines is 1. The number of nitrogens with zero attached hydrogens (tertiary/aromatic N) is 5. The van der Waals surface area contributed by atoms with Crippen molar-refractivity contribution in [3.8, 4) is 0 Å². The van der Waals surface area contributed by atoms with Gasteiger partial charge >= 0.3 is 0 Å². The maximum atomic E-state index is 4.41. The Hall–Kier alpha value is -1.98. The number of pyridine rings is 1. The van der Waals surface area contributed by atoms with Crippen LogP contribution in [0.15, 0.2) is 16.4 Å². The van der Waals surface area contributed by atoms with E-state index in [1.165, 1.54) is 25.7 Å². The Morgan fingerprint density at radius 3 is 2.65 bits per heavy atom. The van der Waals surface area contributed by atoms with Gasteiger partial charge in [-0.3, -0.25) is 10.1 Å². The fourth-order valence-electron chi connectivity index (χ4n) is 2.68. The van der Waals surface area contributed by atoms with E-state index in [-0.39, 0.29) is 0 Å². The van der Waals surface area contributed by atoms with E-state index in [2.05, 4.69) is 37.5 Å². The lowest BCUT2D eigenvalue weighted by Gasteiger charge is -2.13. The van der Waals surface area contributed by atoms with Crippen molar-refractivity contribution < 1.29 is 0 Å². The van der Waals surface area contributed by atoms with E-state index in [1.54, 1.807) is 0 Å². The number of H-pyrrole nitrogens is 1. The van der Waals surface area contributed by atoms with Crippen LogP contribution in [0.2, 0.25) is 0 Å². The average Bonchev–Trinajstić information content (AvgIpc) is 2.65. The zero-order valence-electron chi connectivity index (χ0n) is 12.1. The largest absolute Gasteiger partial charge is 0.278 e. The minimum absolute atomic E-state index is 0.703. The number of fused-ring (bicyclic) bond motifs is 1. The standard InChI is InChI=1S/C14H20N6/c1-10-9-11(2)15-13-12(10)14(17-16-13)18-19-20-7-5-3-4-6-8-20/h9H,3-8H2,1-2H3,(H,15,16,17)/b19-18+. The zero-order chi connectivity index (χ0) is 13.9. The Labute approximate surface area is 118 Å². The number of hydrogen-bond donors (Lipinski definition) is 1. The molecule has 1 saturated heterocycles. The third kappa shape index (κ3) is 2.64. The van der Waals surface area contributed by atoms with Crippen LogP contribution in [-0.2, 0) is 0 Å². The molecule has 0 radical (unpaired) electrons. The Bertz CT molecular complexity index is 622. The fraction of sp³-hybridized carbons (Fsp3) is 0.571. The summed E-state index contributed by atoms with van der Waals surface area (Å²) < 4.78 is 0. The second-order valence-electron chi connectivity index (χ2n) is 5.41. The molecule has 6 nitrogen and oxygen atoms in total. The third-order valence-electron chi connectivity index (χ3n) is 3.68. The van der Waals surface area contributed by atoms with Crippen molar-refractivity contribution in [1.82, 2.24) is 20.2 Å². The Morgan fingerprint density at radius 1 is 1.15 bits per heavy atom. The van der Waals surface area contributed by atoms with E-state index in [0.717, 1.165) is 29.7 Å². The van der Waals surface area contributed by atoms with Crippen molar-refractivity contribution in [2.45, 2.75) is 39.5 Å². The van der Waals surface area contributed by atoms with Crippen molar-refractivity contribution in [2.24, 2.45) is 10.3 Å². The molecule has 0 amide bonds. The molecular weight excluding hydrogens is 252 g/mol. The van der Waals surface area contributed by atoms with Gasteiger partial charge in [-0.1, -0.05) is 18.1 Å². The van der Waals surface area contributed by atoms with E-state index in [0.29, 0.717) is 11.5 Å². The van der Waals surface area contributed by atoms with Crippen molar-refractivity contribution >= 4 is 16.9 Å². The highest BCUT2D eigenvalue weighted by Crippen LogP contribution is 2.26. The number of hydrogen-bond acceptors (Lipinski definition) is 4. The predicted molar refractivity (Wildman–Crippen MR) is 77.9 cm³/mol. The molecule has 2 aromatic rings. The van der Waals surface area contributed by atoms with Crippen LogP contribution in [0.5, 0.6) is 0 Å². The smallest absolute Gasteiger partial charge is 0.183 e. The fourth-order valence-corrected chi connectivity index (χ4v) is 2.68. The molecule has 1 fully saturated rings. The first-order valence-electron chi connectivity index (χ1n) is 7.23. The van der Waals surface area contributed by atoms with Crippen LogP contribution in [0.25, 0.3) is 11.0 Å². The lowest BCUT2D eigenvalue weighted by molar-refractivity contribution is 0.281. The highest BCUT2D eigenvalue weighted by atomic mass is 15.5. The molecule has 1 aliphatic rings. The maximum absolute atomic E-state index is 4.41. The summed E-state index contributed by atoms with van der Waals surface area (Å²) >= 11 is 0. The minimum atomic E-state index is 0.703. The summed E-state index contributed by atoms with van der Waals surface area (Å²) in [5.74, 6) is 0.703. The normalized spacial score (nSPS) is 17.0. The van der Waals surface area contributed by atoms with Crippen LogP contribution in [0.1, 0.15) is 36.9 Å². The van der Waals surface area contributed by atoms with Crippen molar-refractivity contribution in [1.29, 1.82) is 0 Å². The Kier molecular flexibility index (Phi) is 3.62.